The van der Waals surface area contributed by atoms with Crippen molar-refractivity contribution in [2.24, 2.45) is 0 Å². The van der Waals surface area contributed by atoms with Gasteiger partial charge in [0.05, 0.1) is 0 Å². The lowest BCUT2D eigenvalue weighted by atomic mass is 10.2. The van der Waals surface area contributed by atoms with Crippen molar-refractivity contribution in [2.75, 3.05) is 10.6 Å². The van der Waals surface area contributed by atoms with Crippen molar-refractivity contribution in [1.82, 2.24) is 15.2 Å². The maximum Gasteiger partial charge on any atom is 0.326 e. The van der Waals surface area contributed by atoms with Crippen LogP contribution in [0.1, 0.15) is 5.56 Å². The molecule has 0 saturated heterocycles. The minimum absolute atomic E-state index is 0.286. The minimum atomic E-state index is -0.396. The molecule has 1 aromatic heterocycles. The highest BCUT2D eigenvalue weighted by Gasteiger charge is 2.06. The van der Waals surface area contributed by atoms with E-state index in [1.165, 1.54) is 6.33 Å². The zero-order valence-corrected chi connectivity index (χ0v) is 9.75. The Hall–Kier alpha value is -2.08. The summed E-state index contributed by atoms with van der Waals surface area (Å²) in [6, 6.07) is 4.81. The maximum atomic E-state index is 11.6. The quantitative estimate of drug-likeness (QED) is 0.766. The van der Waals surface area contributed by atoms with Crippen molar-refractivity contribution in [1.29, 1.82) is 0 Å². The van der Waals surface area contributed by atoms with Crippen LogP contribution in [0.2, 0.25) is 5.02 Å². The lowest BCUT2D eigenvalue weighted by Crippen LogP contribution is -2.20. The first kappa shape index (κ1) is 11.4. The summed E-state index contributed by atoms with van der Waals surface area (Å²) in [5.41, 5.74) is 1.57. The first-order valence-corrected chi connectivity index (χ1v) is 5.22. The number of carbonyl (C=O) groups is 1. The van der Waals surface area contributed by atoms with Gasteiger partial charge < -0.3 is 5.32 Å². The second-order valence-corrected chi connectivity index (χ2v) is 3.81. The summed E-state index contributed by atoms with van der Waals surface area (Å²) >= 11 is 5.82. The monoisotopic (exact) mass is 251 g/mol. The van der Waals surface area contributed by atoms with Gasteiger partial charge in [0.15, 0.2) is 0 Å². The molecular weight excluding hydrogens is 242 g/mol. The van der Waals surface area contributed by atoms with E-state index in [0.717, 1.165) is 5.56 Å². The molecule has 0 fully saturated rings. The fourth-order valence-corrected chi connectivity index (χ4v) is 1.52. The molecule has 2 aromatic rings. The van der Waals surface area contributed by atoms with Crippen LogP contribution in [0.25, 0.3) is 0 Å². The number of hydrogen-bond donors (Lipinski definition) is 3. The van der Waals surface area contributed by atoms with Gasteiger partial charge in [-0.15, -0.1) is 0 Å². The van der Waals surface area contributed by atoms with Gasteiger partial charge in [-0.2, -0.15) is 10.1 Å². The average Bonchev–Trinajstić information content (AvgIpc) is 2.75. The summed E-state index contributed by atoms with van der Waals surface area (Å²) in [4.78, 5) is 15.3. The van der Waals surface area contributed by atoms with Gasteiger partial charge in [0, 0.05) is 10.7 Å². The molecule has 3 N–H and O–H groups in total. The number of benzene rings is 1. The van der Waals surface area contributed by atoms with Crippen LogP contribution in [0.15, 0.2) is 24.5 Å². The average molecular weight is 252 g/mol. The predicted molar refractivity (Wildman–Crippen MR) is 65.2 cm³/mol. The van der Waals surface area contributed by atoms with E-state index in [0.29, 0.717) is 10.7 Å². The standard InChI is InChI=1S/C10H10ClN5O/c1-6-4-7(11)2-3-8(6)14-10(17)15-9-12-5-13-16-9/h2-5H,1H3,(H3,12,13,14,15,16,17). The van der Waals surface area contributed by atoms with Gasteiger partial charge in [-0.25, -0.2) is 9.89 Å². The number of carbonyl (C=O) groups excluding carboxylic acids is 1. The number of halogens is 1. The largest absolute Gasteiger partial charge is 0.326 e. The molecule has 0 aliphatic heterocycles. The van der Waals surface area contributed by atoms with E-state index >= 15 is 0 Å². The first-order valence-electron chi connectivity index (χ1n) is 4.84. The third kappa shape index (κ3) is 2.94. The number of anilines is 2. The SMILES string of the molecule is Cc1cc(Cl)ccc1NC(=O)Nc1ncn[nH]1. The maximum absolute atomic E-state index is 11.6. The third-order valence-corrected chi connectivity index (χ3v) is 2.32. The summed E-state index contributed by atoms with van der Waals surface area (Å²) in [6.45, 7) is 1.86. The van der Waals surface area contributed by atoms with Crippen molar-refractivity contribution < 1.29 is 4.79 Å². The molecule has 6 nitrogen and oxygen atoms in total. The Morgan fingerprint density at radius 1 is 1.41 bits per heavy atom. The molecule has 0 atom stereocenters. The van der Waals surface area contributed by atoms with E-state index in [4.69, 9.17) is 11.6 Å². The van der Waals surface area contributed by atoms with Crippen LogP contribution >= 0.6 is 11.6 Å². The number of aryl methyl sites for hydroxylation is 1. The molecule has 7 heteroatoms. The van der Waals surface area contributed by atoms with Gasteiger partial charge in [0.1, 0.15) is 6.33 Å². The van der Waals surface area contributed by atoms with E-state index in [1.54, 1.807) is 18.2 Å². The Balaban J connectivity index is 2.03. The van der Waals surface area contributed by atoms with E-state index in [-0.39, 0.29) is 5.95 Å². The van der Waals surface area contributed by atoms with Crippen LogP contribution in [-0.2, 0) is 0 Å². The number of aromatic amines is 1. The van der Waals surface area contributed by atoms with Crippen LogP contribution < -0.4 is 10.6 Å². The van der Waals surface area contributed by atoms with Gasteiger partial charge in [-0.05, 0) is 30.7 Å². The second kappa shape index (κ2) is 4.84. The van der Waals surface area contributed by atoms with Gasteiger partial charge in [0.2, 0.25) is 5.95 Å². The van der Waals surface area contributed by atoms with Crippen LogP contribution in [0, 0.1) is 6.92 Å². The lowest BCUT2D eigenvalue weighted by Gasteiger charge is -2.08. The summed E-state index contributed by atoms with van der Waals surface area (Å²) in [5.74, 6) is 0.286. The van der Waals surface area contributed by atoms with E-state index in [2.05, 4.69) is 25.8 Å². The number of H-pyrrole nitrogens is 1. The smallest absolute Gasteiger partial charge is 0.307 e. The molecule has 0 aliphatic carbocycles. The summed E-state index contributed by atoms with van der Waals surface area (Å²) in [5, 5.41) is 11.9. The van der Waals surface area contributed by atoms with Gasteiger partial charge in [-0.3, -0.25) is 5.32 Å². The number of nitrogens with zero attached hydrogens (tertiary/aromatic N) is 2. The number of nitrogens with one attached hydrogen (secondary N) is 3. The van der Waals surface area contributed by atoms with E-state index in [9.17, 15) is 4.79 Å². The zero-order chi connectivity index (χ0) is 12.3. The molecule has 2 rings (SSSR count). The van der Waals surface area contributed by atoms with Crippen LogP contribution in [0.5, 0.6) is 0 Å². The third-order valence-electron chi connectivity index (χ3n) is 2.08. The molecule has 17 heavy (non-hydrogen) atoms. The summed E-state index contributed by atoms with van der Waals surface area (Å²) in [6.07, 6.45) is 1.31. The van der Waals surface area contributed by atoms with Gasteiger partial charge in [-0.1, -0.05) is 11.6 Å². The Morgan fingerprint density at radius 2 is 2.24 bits per heavy atom. The number of urea groups is 1. The molecule has 0 saturated carbocycles. The molecule has 0 unspecified atom stereocenters. The lowest BCUT2D eigenvalue weighted by molar-refractivity contribution is 0.262. The predicted octanol–water partition coefficient (Wildman–Crippen LogP) is 2.41. The van der Waals surface area contributed by atoms with Crippen molar-refractivity contribution in [2.45, 2.75) is 6.92 Å². The topological polar surface area (TPSA) is 82.7 Å². The first-order chi connectivity index (χ1) is 8.15. The van der Waals surface area contributed by atoms with Crippen LogP contribution in [0.4, 0.5) is 16.4 Å². The number of amides is 2. The van der Waals surface area contributed by atoms with Crippen molar-refractivity contribution in [3.63, 3.8) is 0 Å². The van der Waals surface area contributed by atoms with Crippen molar-refractivity contribution in [3.8, 4) is 0 Å². The molecule has 2 amide bonds. The van der Waals surface area contributed by atoms with Crippen LogP contribution in [-0.4, -0.2) is 21.2 Å². The van der Waals surface area contributed by atoms with E-state index in [1.807, 2.05) is 6.92 Å². The fraction of sp³-hybridized carbons (Fsp3) is 0.100. The van der Waals surface area contributed by atoms with Gasteiger partial charge in [0.25, 0.3) is 0 Å². The highest BCUT2D eigenvalue weighted by molar-refractivity contribution is 6.30. The van der Waals surface area contributed by atoms with Crippen LogP contribution in [0.3, 0.4) is 0 Å². The minimum Gasteiger partial charge on any atom is -0.307 e. The highest BCUT2D eigenvalue weighted by atomic mass is 35.5. The molecule has 0 spiro atoms. The number of rotatable bonds is 2. The summed E-state index contributed by atoms with van der Waals surface area (Å²) in [7, 11) is 0. The van der Waals surface area contributed by atoms with Crippen molar-refractivity contribution in [3.05, 3.63) is 35.1 Å². The Bertz CT molecular complexity index is 525. The van der Waals surface area contributed by atoms with E-state index < -0.39 is 6.03 Å². The molecular formula is C10H10ClN5O. The normalized spacial score (nSPS) is 10.0. The highest BCUT2D eigenvalue weighted by Crippen LogP contribution is 2.19. The van der Waals surface area contributed by atoms with Crippen molar-refractivity contribution >= 4 is 29.3 Å². The summed E-state index contributed by atoms with van der Waals surface area (Å²) < 4.78 is 0. The molecule has 0 bridgehead atoms. The zero-order valence-electron chi connectivity index (χ0n) is 8.99. The molecule has 1 aromatic carbocycles. The Morgan fingerprint density at radius 3 is 2.88 bits per heavy atom. The molecule has 0 aliphatic rings. The fourth-order valence-electron chi connectivity index (χ4n) is 1.29. The molecule has 1 heterocycles. The molecule has 88 valence electrons. The number of hydrogen-bond acceptors (Lipinski definition) is 3. The number of aromatic nitrogens is 3. The van der Waals surface area contributed by atoms with Gasteiger partial charge >= 0.3 is 6.03 Å². The Labute approximate surface area is 102 Å². The second-order valence-electron chi connectivity index (χ2n) is 3.37. The Kier molecular flexibility index (Phi) is 3.24. The molecule has 0 radical (unpaired) electrons.